The molecule has 6 heteroatoms. The maximum Gasteiger partial charge on any atom is 0.167 e. The van der Waals surface area contributed by atoms with Gasteiger partial charge in [-0.2, -0.15) is 0 Å². The molecule has 102 valence electrons. The van der Waals surface area contributed by atoms with Crippen LogP contribution in [0.15, 0.2) is 18.2 Å². The van der Waals surface area contributed by atoms with Crippen molar-refractivity contribution < 1.29 is 9.13 Å². The second-order valence-electron chi connectivity index (χ2n) is 4.20. The third kappa shape index (κ3) is 3.01. The molecular formula is C13H15BrFN3O. The summed E-state index contributed by atoms with van der Waals surface area (Å²) in [6.45, 7) is 2.97. The molecule has 0 N–H and O–H groups in total. The van der Waals surface area contributed by atoms with E-state index in [1.54, 1.807) is 13.2 Å². The minimum Gasteiger partial charge on any atom is -0.383 e. The first-order valence-corrected chi connectivity index (χ1v) is 7.03. The number of ether oxygens (including phenoxy) is 1. The van der Waals surface area contributed by atoms with Crippen molar-refractivity contribution in [1.29, 1.82) is 0 Å². The molecule has 0 saturated carbocycles. The van der Waals surface area contributed by atoms with Crippen LogP contribution in [0.1, 0.15) is 11.4 Å². The molecule has 0 spiro atoms. The molecule has 1 heterocycles. The smallest absolute Gasteiger partial charge is 0.167 e. The summed E-state index contributed by atoms with van der Waals surface area (Å²) in [5.41, 5.74) is 1.34. The Hall–Kier alpha value is -1.27. The fourth-order valence-electron chi connectivity index (χ4n) is 1.85. The molecule has 0 radical (unpaired) electrons. The zero-order valence-electron chi connectivity index (χ0n) is 10.9. The van der Waals surface area contributed by atoms with Gasteiger partial charge in [0.15, 0.2) is 5.82 Å². The molecule has 19 heavy (non-hydrogen) atoms. The number of benzene rings is 1. The van der Waals surface area contributed by atoms with Gasteiger partial charge in [0.05, 0.1) is 17.5 Å². The van der Waals surface area contributed by atoms with Crippen LogP contribution in [0.4, 0.5) is 4.39 Å². The van der Waals surface area contributed by atoms with Gasteiger partial charge in [-0.1, -0.05) is 22.0 Å². The van der Waals surface area contributed by atoms with E-state index < -0.39 is 0 Å². The Morgan fingerprint density at radius 2 is 2.16 bits per heavy atom. The molecule has 0 saturated heterocycles. The molecule has 0 atom stereocenters. The van der Waals surface area contributed by atoms with E-state index in [0.29, 0.717) is 29.9 Å². The minimum atomic E-state index is -0.285. The van der Waals surface area contributed by atoms with Crippen molar-refractivity contribution in [3.63, 3.8) is 0 Å². The highest BCUT2D eigenvalue weighted by atomic mass is 79.9. The van der Waals surface area contributed by atoms with Crippen LogP contribution in [0.3, 0.4) is 0 Å². The number of aryl methyl sites for hydroxylation is 1. The van der Waals surface area contributed by atoms with Gasteiger partial charge < -0.3 is 9.30 Å². The topological polar surface area (TPSA) is 39.9 Å². The van der Waals surface area contributed by atoms with E-state index in [2.05, 4.69) is 26.1 Å². The average Bonchev–Trinajstić information content (AvgIpc) is 2.79. The zero-order chi connectivity index (χ0) is 13.8. The van der Waals surface area contributed by atoms with Gasteiger partial charge >= 0.3 is 0 Å². The molecule has 0 fully saturated rings. The molecule has 1 aromatic heterocycles. The van der Waals surface area contributed by atoms with E-state index in [1.165, 1.54) is 6.07 Å². The van der Waals surface area contributed by atoms with Gasteiger partial charge in [-0.25, -0.2) is 4.39 Å². The number of methoxy groups -OCH3 is 1. The van der Waals surface area contributed by atoms with E-state index in [1.807, 2.05) is 17.6 Å². The third-order valence-electron chi connectivity index (χ3n) is 2.83. The van der Waals surface area contributed by atoms with Crippen LogP contribution >= 0.6 is 15.9 Å². The Labute approximate surface area is 119 Å². The van der Waals surface area contributed by atoms with Gasteiger partial charge in [0.2, 0.25) is 0 Å². The lowest BCUT2D eigenvalue weighted by molar-refractivity contribution is 0.187. The highest BCUT2D eigenvalue weighted by molar-refractivity contribution is 9.08. The van der Waals surface area contributed by atoms with Gasteiger partial charge in [-0.05, 0) is 24.6 Å². The Bertz CT molecular complexity index is 571. The van der Waals surface area contributed by atoms with Gasteiger partial charge in [0.25, 0.3) is 0 Å². The first-order valence-electron chi connectivity index (χ1n) is 5.91. The Morgan fingerprint density at radius 3 is 2.79 bits per heavy atom. The van der Waals surface area contributed by atoms with Crippen molar-refractivity contribution >= 4 is 15.9 Å². The molecule has 0 aliphatic carbocycles. The predicted molar refractivity (Wildman–Crippen MR) is 74.7 cm³/mol. The monoisotopic (exact) mass is 327 g/mol. The van der Waals surface area contributed by atoms with E-state index in [9.17, 15) is 4.39 Å². The number of hydrogen-bond acceptors (Lipinski definition) is 3. The molecule has 0 unspecified atom stereocenters. The van der Waals surface area contributed by atoms with Gasteiger partial charge in [0, 0.05) is 13.7 Å². The summed E-state index contributed by atoms with van der Waals surface area (Å²) in [5, 5.41) is 8.73. The highest BCUT2D eigenvalue weighted by Gasteiger charge is 2.16. The molecule has 2 aromatic rings. The summed E-state index contributed by atoms with van der Waals surface area (Å²) in [5.74, 6) is 1.00. The largest absolute Gasteiger partial charge is 0.383 e. The standard InChI is InChI=1S/C13H15BrFN3O/c1-9-3-4-10(11(15)7-9)13-17-16-12(8-14)18(13)5-6-19-2/h3-4,7H,5-6,8H2,1-2H3. The molecule has 0 aliphatic heterocycles. The van der Waals surface area contributed by atoms with Crippen LogP contribution in [0.25, 0.3) is 11.4 Å². The summed E-state index contributed by atoms with van der Waals surface area (Å²) in [6.07, 6.45) is 0. The first kappa shape index (κ1) is 14.1. The summed E-state index contributed by atoms with van der Waals surface area (Å²) in [7, 11) is 1.63. The average molecular weight is 328 g/mol. The van der Waals surface area contributed by atoms with Crippen LogP contribution in [0.5, 0.6) is 0 Å². The lowest BCUT2D eigenvalue weighted by atomic mass is 10.1. The second kappa shape index (κ2) is 6.25. The van der Waals surface area contributed by atoms with Crippen molar-refractivity contribution in [3.05, 3.63) is 35.4 Å². The second-order valence-corrected chi connectivity index (χ2v) is 4.76. The maximum absolute atomic E-state index is 14.0. The van der Waals surface area contributed by atoms with Crippen molar-refractivity contribution in [2.45, 2.75) is 18.8 Å². The fourth-order valence-corrected chi connectivity index (χ4v) is 2.27. The molecule has 2 rings (SSSR count). The SMILES string of the molecule is COCCn1c(CBr)nnc1-c1ccc(C)cc1F. The van der Waals surface area contributed by atoms with Crippen molar-refractivity contribution in [2.75, 3.05) is 13.7 Å². The van der Waals surface area contributed by atoms with Crippen LogP contribution in [0, 0.1) is 12.7 Å². The van der Waals surface area contributed by atoms with Crippen LogP contribution in [-0.2, 0) is 16.6 Å². The Kier molecular flexibility index (Phi) is 4.66. The summed E-state index contributed by atoms with van der Waals surface area (Å²) >= 11 is 3.36. The third-order valence-corrected chi connectivity index (χ3v) is 3.33. The lowest BCUT2D eigenvalue weighted by Gasteiger charge is -2.09. The molecule has 0 aliphatic rings. The highest BCUT2D eigenvalue weighted by Crippen LogP contribution is 2.23. The van der Waals surface area contributed by atoms with Crippen LogP contribution in [0.2, 0.25) is 0 Å². The normalized spacial score (nSPS) is 10.9. The van der Waals surface area contributed by atoms with E-state index in [0.717, 1.165) is 11.4 Å². The quantitative estimate of drug-likeness (QED) is 0.793. The molecule has 0 bridgehead atoms. The Morgan fingerprint density at radius 1 is 1.37 bits per heavy atom. The number of alkyl halides is 1. The predicted octanol–water partition coefficient (Wildman–Crippen LogP) is 2.93. The summed E-state index contributed by atoms with van der Waals surface area (Å²) in [4.78, 5) is 0. The fraction of sp³-hybridized carbons (Fsp3) is 0.385. The minimum absolute atomic E-state index is 0.285. The van der Waals surface area contributed by atoms with Gasteiger partial charge in [-0.15, -0.1) is 10.2 Å². The van der Waals surface area contributed by atoms with Crippen LogP contribution in [-0.4, -0.2) is 28.5 Å². The van der Waals surface area contributed by atoms with E-state index >= 15 is 0 Å². The zero-order valence-corrected chi connectivity index (χ0v) is 12.4. The number of nitrogens with zero attached hydrogens (tertiary/aromatic N) is 3. The number of halogens is 2. The van der Waals surface area contributed by atoms with Crippen molar-refractivity contribution in [3.8, 4) is 11.4 Å². The van der Waals surface area contributed by atoms with Crippen molar-refractivity contribution in [2.24, 2.45) is 0 Å². The number of aromatic nitrogens is 3. The Balaban J connectivity index is 2.46. The molecule has 4 nitrogen and oxygen atoms in total. The molecule has 0 amide bonds. The van der Waals surface area contributed by atoms with E-state index in [4.69, 9.17) is 4.74 Å². The van der Waals surface area contributed by atoms with Gasteiger partial charge in [0.1, 0.15) is 11.6 Å². The van der Waals surface area contributed by atoms with E-state index in [-0.39, 0.29) is 5.82 Å². The number of rotatable bonds is 5. The summed E-state index contributed by atoms with van der Waals surface area (Å²) < 4.78 is 21.0. The maximum atomic E-state index is 14.0. The number of hydrogen-bond donors (Lipinski definition) is 0. The van der Waals surface area contributed by atoms with Crippen molar-refractivity contribution in [1.82, 2.24) is 14.8 Å². The lowest BCUT2D eigenvalue weighted by Crippen LogP contribution is -2.09. The summed E-state index contributed by atoms with van der Waals surface area (Å²) in [6, 6.07) is 5.09. The molecule has 1 aromatic carbocycles. The molecular weight excluding hydrogens is 313 g/mol. The first-order chi connectivity index (χ1) is 9.17. The van der Waals surface area contributed by atoms with Crippen LogP contribution < -0.4 is 0 Å². The van der Waals surface area contributed by atoms with Gasteiger partial charge in [-0.3, -0.25) is 0 Å².